The lowest BCUT2D eigenvalue weighted by atomic mass is 10.1. The van der Waals surface area contributed by atoms with Crippen LogP contribution in [0, 0.1) is 11.8 Å². The molecule has 0 aromatic heterocycles. The molecule has 0 spiro atoms. The Morgan fingerprint density at radius 1 is 0.741 bits per heavy atom. The van der Waals surface area contributed by atoms with Crippen LogP contribution >= 0.6 is 0 Å². The fourth-order valence-corrected chi connectivity index (χ4v) is 2.70. The molecule has 4 nitrogen and oxygen atoms in total. The van der Waals surface area contributed by atoms with Crippen LogP contribution < -0.4 is 5.32 Å². The predicted octanol–water partition coefficient (Wildman–Crippen LogP) is 3.72. The average molecular weight is 350 g/mol. The lowest BCUT2D eigenvalue weighted by molar-refractivity contribution is 0.0879. The molecule has 0 unspecified atom stereocenters. The van der Waals surface area contributed by atoms with Crippen LogP contribution in [0.4, 0.5) is 5.69 Å². The maximum absolute atomic E-state index is 11.7. The number of rotatable bonds is 2. The number of benzene rings is 3. The van der Waals surface area contributed by atoms with E-state index in [-0.39, 0.29) is 11.8 Å². The first kappa shape index (κ1) is 16.5. The van der Waals surface area contributed by atoms with Gasteiger partial charge in [0.2, 0.25) is 0 Å². The minimum absolute atomic E-state index is 0.362. The lowest BCUT2D eigenvalue weighted by Gasteiger charge is -1.98. The third-order valence-electron chi connectivity index (χ3n) is 4.12. The van der Waals surface area contributed by atoms with Gasteiger partial charge in [-0.15, -0.1) is 0 Å². The van der Waals surface area contributed by atoms with Crippen molar-refractivity contribution in [3.63, 3.8) is 0 Å². The second-order valence-electron chi connectivity index (χ2n) is 6.01. The summed E-state index contributed by atoms with van der Waals surface area (Å²) < 4.78 is 0. The van der Waals surface area contributed by atoms with Crippen molar-refractivity contribution < 1.29 is 9.59 Å². The van der Waals surface area contributed by atoms with E-state index >= 15 is 0 Å². The monoisotopic (exact) mass is 350 g/mol. The lowest BCUT2D eigenvalue weighted by Crippen LogP contribution is -2.19. The van der Waals surface area contributed by atoms with Crippen LogP contribution in [0.15, 0.2) is 77.8 Å². The Kier molecular flexibility index (Phi) is 4.34. The molecule has 27 heavy (non-hydrogen) atoms. The van der Waals surface area contributed by atoms with Crippen molar-refractivity contribution in [3.05, 3.63) is 101 Å². The first-order valence-electron chi connectivity index (χ1n) is 8.40. The molecule has 1 aliphatic rings. The van der Waals surface area contributed by atoms with Crippen LogP contribution in [0.5, 0.6) is 0 Å². The number of hydrogen-bond acceptors (Lipinski definition) is 3. The minimum Gasteiger partial charge on any atom is -0.288 e. The molecule has 0 fully saturated rings. The Balaban J connectivity index is 1.49. The third-order valence-corrected chi connectivity index (χ3v) is 4.12. The molecule has 0 saturated heterocycles. The van der Waals surface area contributed by atoms with Crippen molar-refractivity contribution in [3.8, 4) is 11.8 Å². The van der Waals surface area contributed by atoms with Crippen LogP contribution in [-0.4, -0.2) is 18.0 Å². The highest BCUT2D eigenvalue weighted by molar-refractivity contribution is 6.21. The number of amides is 2. The SMILES string of the molecule is O=C1NC(=O)c2cc(N=Cc3ccc(C#Cc4ccccc4)cc3)ccc21. The number of aliphatic imine (C=N–C) groups is 1. The Bertz CT molecular complexity index is 1120. The van der Waals surface area contributed by atoms with Crippen molar-refractivity contribution in [1.29, 1.82) is 0 Å². The minimum atomic E-state index is -0.381. The Hall–Kier alpha value is -3.97. The van der Waals surface area contributed by atoms with Crippen LogP contribution in [-0.2, 0) is 0 Å². The first-order chi connectivity index (χ1) is 13.2. The highest BCUT2D eigenvalue weighted by Gasteiger charge is 2.26. The number of fused-ring (bicyclic) bond motifs is 1. The van der Waals surface area contributed by atoms with Crippen LogP contribution in [0.2, 0.25) is 0 Å². The molecule has 0 radical (unpaired) electrons. The molecule has 0 aliphatic carbocycles. The Labute approximate surface area is 156 Å². The van der Waals surface area contributed by atoms with Crippen LogP contribution in [0.25, 0.3) is 0 Å². The van der Waals surface area contributed by atoms with Gasteiger partial charge in [-0.1, -0.05) is 42.2 Å². The fourth-order valence-electron chi connectivity index (χ4n) is 2.70. The van der Waals surface area contributed by atoms with Gasteiger partial charge in [0.15, 0.2) is 0 Å². The number of nitrogens with one attached hydrogen (secondary N) is 1. The Morgan fingerprint density at radius 3 is 2.15 bits per heavy atom. The fraction of sp³-hybridized carbons (Fsp3) is 0. The van der Waals surface area contributed by atoms with Gasteiger partial charge in [-0.2, -0.15) is 0 Å². The van der Waals surface area contributed by atoms with Crippen molar-refractivity contribution >= 4 is 23.7 Å². The largest absolute Gasteiger partial charge is 0.288 e. The van der Waals surface area contributed by atoms with E-state index in [2.05, 4.69) is 22.2 Å². The molecule has 0 saturated carbocycles. The van der Waals surface area contributed by atoms with Gasteiger partial charge in [-0.3, -0.25) is 19.9 Å². The molecule has 4 rings (SSSR count). The van der Waals surface area contributed by atoms with Gasteiger partial charge in [0.25, 0.3) is 11.8 Å². The van der Waals surface area contributed by atoms with Gasteiger partial charge in [0, 0.05) is 17.3 Å². The van der Waals surface area contributed by atoms with E-state index in [4.69, 9.17) is 0 Å². The zero-order valence-electron chi connectivity index (χ0n) is 14.3. The summed E-state index contributed by atoms with van der Waals surface area (Å²) in [6.45, 7) is 0. The summed E-state index contributed by atoms with van der Waals surface area (Å²) in [5, 5.41) is 2.27. The quantitative estimate of drug-likeness (QED) is 0.435. The smallest absolute Gasteiger partial charge is 0.259 e. The molecule has 4 heteroatoms. The molecule has 0 bridgehead atoms. The highest BCUT2D eigenvalue weighted by atomic mass is 16.2. The summed E-state index contributed by atoms with van der Waals surface area (Å²) in [7, 11) is 0. The van der Waals surface area contributed by atoms with Crippen LogP contribution in [0.3, 0.4) is 0 Å². The molecule has 0 atom stereocenters. The highest BCUT2D eigenvalue weighted by Crippen LogP contribution is 2.22. The van der Waals surface area contributed by atoms with Crippen molar-refractivity contribution in [2.45, 2.75) is 0 Å². The number of carbonyl (C=O) groups excluding carboxylic acids is 2. The molecular formula is C23H14N2O2. The van der Waals surface area contributed by atoms with Gasteiger partial charge >= 0.3 is 0 Å². The summed E-state index contributed by atoms with van der Waals surface area (Å²) in [4.78, 5) is 27.7. The normalized spacial score (nSPS) is 12.4. The van der Waals surface area contributed by atoms with E-state index in [1.165, 1.54) is 0 Å². The van der Waals surface area contributed by atoms with E-state index in [9.17, 15) is 9.59 Å². The summed E-state index contributed by atoms with van der Waals surface area (Å²) in [6, 6.07) is 22.5. The maximum Gasteiger partial charge on any atom is 0.259 e. The summed E-state index contributed by atoms with van der Waals surface area (Å²) in [5.74, 6) is 5.50. The van der Waals surface area contributed by atoms with Gasteiger partial charge in [0.1, 0.15) is 0 Å². The first-order valence-corrected chi connectivity index (χ1v) is 8.40. The summed E-state index contributed by atoms with van der Waals surface area (Å²) in [6.07, 6.45) is 1.71. The van der Waals surface area contributed by atoms with Crippen LogP contribution in [0.1, 0.15) is 37.4 Å². The van der Waals surface area contributed by atoms with E-state index in [0.717, 1.165) is 16.7 Å². The summed E-state index contributed by atoms with van der Waals surface area (Å²) >= 11 is 0. The van der Waals surface area contributed by atoms with E-state index in [1.54, 1.807) is 24.4 Å². The topological polar surface area (TPSA) is 58.5 Å². The van der Waals surface area contributed by atoms with Crippen molar-refractivity contribution in [2.24, 2.45) is 4.99 Å². The molecule has 3 aromatic rings. The second kappa shape index (κ2) is 7.11. The molecule has 1 heterocycles. The number of hydrogen-bond donors (Lipinski definition) is 1. The van der Waals surface area contributed by atoms with Crippen molar-refractivity contribution in [1.82, 2.24) is 5.32 Å². The average Bonchev–Trinajstić information content (AvgIpc) is 3.00. The number of carbonyl (C=O) groups is 2. The molecule has 3 aromatic carbocycles. The van der Waals surface area contributed by atoms with E-state index < -0.39 is 0 Å². The molecular weight excluding hydrogens is 336 g/mol. The third kappa shape index (κ3) is 3.68. The Morgan fingerprint density at radius 2 is 1.41 bits per heavy atom. The van der Waals surface area contributed by atoms with Gasteiger partial charge in [-0.25, -0.2) is 0 Å². The van der Waals surface area contributed by atoms with E-state index in [1.807, 2.05) is 54.6 Å². The van der Waals surface area contributed by atoms with Gasteiger partial charge in [-0.05, 0) is 48.0 Å². The molecule has 2 amide bonds. The van der Waals surface area contributed by atoms with Crippen molar-refractivity contribution in [2.75, 3.05) is 0 Å². The standard InChI is InChI=1S/C23H14N2O2/c26-22-20-13-12-19(14-21(20)23(27)25-22)24-15-18-10-8-17(9-11-18)7-6-16-4-2-1-3-5-16/h1-5,8-15H,(H,25,26,27). The predicted molar refractivity (Wildman–Crippen MR) is 104 cm³/mol. The zero-order chi connectivity index (χ0) is 18.6. The van der Waals surface area contributed by atoms with Gasteiger partial charge in [0.05, 0.1) is 16.8 Å². The second-order valence-corrected chi connectivity index (χ2v) is 6.01. The zero-order valence-corrected chi connectivity index (χ0v) is 14.3. The number of nitrogens with zero attached hydrogens (tertiary/aromatic N) is 1. The molecule has 128 valence electrons. The number of imide groups is 1. The van der Waals surface area contributed by atoms with E-state index in [0.29, 0.717) is 16.8 Å². The van der Waals surface area contributed by atoms with Gasteiger partial charge < -0.3 is 0 Å². The molecule has 1 aliphatic heterocycles. The molecule has 1 N–H and O–H groups in total. The summed E-state index contributed by atoms with van der Waals surface area (Å²) in [5.41, 5.74) is 4.18. The maximum atomic E-state index is 11.7.